The lowest BCUT2D eigenvalue weighted by molar-refractivity contribution is 0.137. The van der Waals surface area contributed by atoms with Gasteiger partial charge in [-0.3, -0.25) is 0 Å². The summed E-state index contributed by atoms with van der Waals surface area (Å²) < 4.78 is 5.28. The molecule has 4 nitrogen and oxygen atoms in total. The van der Waals surface area contributed by atoms with Crippen LogP contribution in [0.15, 0.2) is 65.7 Å². The maximum Gasteiger partial charge on any atom is 0.118 e. The van der Waals surface area contributed by atoms with Gasteiger partial charge in [0.15, 0.2) is 0 Å². The van der Waals surface area contributed by atoms with E-state index in [1.54, 1.807) is 18.9 Å². The molecule has 5 heteroatoms. The van der Waals surface area contributed by atoms with Crippen LogP contribution >= 0.6 is 11.8 Å². The van der Waals surface area contributed by atoms with Gasteiger partial charge < -0.3 is 9.84 Å². The molecule has 0 aliphatic heterocycles. The summed E-state index contributed by atoms with van der Waals surface area (Å²) in [6, 6.07) is 22.1. The molecule has 4 rings (SSSR count). The summed E-state index contributed by atoms with van der Waals surface area (Å²) in [5.74, 6) is 0.788. The summed E-state index contributed by atoms with van der Waals surface area (Å²) in [5, 5.41) is 21.2. The lowest BCUT2D eigenvalue weighted by Gasteiger charge is -2.27. The van der Waals surface area contributed by atoms with E-state index in [-0.39, 0.29) is 11.4 Å². The fourth-order valence-electron chi connectivity index (χ4n) is 3.83. The number of benzene rings is 2. The molecule has 1 saturated carbocycles. The molecular formula is C25H24N2O2S. The van der Waals surface area contributed by atoms with Crippen molar-refractivity contribution in [3.05, 3.63) is 66.2 Å². The molecule has 3 aromatic rings. The third kappa shape index (κ3) is 4.35. The molecule has 1 N–H and O–H groups in total. The Morgan fingerprint density at radius 2 is 1.77 bits per heavy atom. The predicted molar refractivity (Wildman–Crippen MR) is 120 cm³/mol. The summed E-state index contributed by atoms with van der Waals surface area (Å²) in [6.07, 6.45) is 3.54. The summed E-state index contributed by atoms with van der Waals surface area (Å²) in [6.45, 7) is 0. The highest BCUT2D eigenvalue weighted by molar-refractivity contribution is 8.00. The maximum atomic E-state index is 10.5. The SMILES string of the molecule is COc1ccc(-c2cc(-c3ccccc3)c(C#N)c(S[C@H]3CCCC[C@@H]3O)n2)cc1. The van der Waals surface area contributed by atoms with Gasteiger partial charge >= 0.3 is 0 Å². The molecular weight excluding hydrogens is 392 g/mol. The molecule has 152 valence electrons. The molecule has 1 aliphatic rings. The third-order valence-corrected chi connectivity index (χ3v) is 6.87. The highest BCUT2D eigenvalue weighted by Crippen LogP contribution is 2.39. The van der Waals surface area contributed by atoms with Gasteiger partial charge in [0.05, 0.1) is 24.5 Å². The van der Waals surface area contributed by atoms with Crippen LogP contribution in [0.5, 0.6) is 5.75 Å². The minimum Gasteiger partial charge on any atom is -0.497 e. The molecule has 0 amide bonds. The van der Waals surface area contributed by atoms with E-state index in [4.69, 9.17) is 9.72 Å². The Hall–Kier alpha value is -2.81. The quantitative estimate of drug-likeness (QED) is 0.579. The molecule has 0 radical (unpaired) electrons. The zero-order chi connectivity index (χ0) is 20.9. The Bertz CT molecular complexity index is 1050. The summed E-state index contributed by atoms with van der Waals surface area (Å²) in [4.78, 5) is 4.87. The number of aromatic nitrogens is 1. The van der Waals surface area contributed by atoms with Crippen LogP contribution in [0.1, 0.15) is 31.2 Å². The first kappa shape index (κ1) is 20.5. The zero-order valence-corrected chi connectivity index (χ0v) is 17.7. The number of aliphatic hydroxyl groups is 1. The standard InChI is InChI=1S/C25H24N2O2S/c1-29-19-13-11-18(12-14-19)22-15-20(17-7-3-2-4-8-17)21(16-26)25(27-22)30-24-10-6-5-9-23(24)28/h2-4,7-8,11-15,23-24,28H,5-6,9-10H2,1H3/t23-,24-/m0/s1. The second kappa shape index (κ2) is 9.34. The van der Waals surface area contributed by atoms with E-state index in [1.165, 1.54) is 0 Å². The van der Waals surface area contributed by atoms with Gasteiger partial charge in [0.1, 0.15) is 16.8 Å². The van der Waals surface area contributed by atoms with E-state index in [9.17, 15) is 10.4 Å². The van der Waals surface area contributed by atoms with Crippen molar-refractivity contribution in [1.29, 1.82) is 5.26 Å². The average Bonchev–Trinajstić information content (AvgIpc) is 2.80. The molecule has 30 heavy (non-hydrogen) atoms. The Morgan fingerprint density at radius 3 is 2.43 bits per heavy atom. The van der Waals surface area contributed by atoms with E-state index in [1.807, 2.05) is 60.7 Å². The van der Waals surface area contributed by atoms with Crippen LogP contribution in [-0.2, 0) is 0 Å². The molecule has 2 aromatic carbocycles. The van der Waals surface area contributed by atoms with Crippen LogP contribution < -0.4 is 4.74 Å². The van der Waals surface area contributed by atoms with E-state index < -0.39 is 0 Å². The second-order valence-electron chi connectivity index (χ2n) is 7.45. The minimum atomic E-state index is -0.359. The molecule has 2 atom stereocenters. The Labute approximate surface area is 181 Å². The van der Waals surface area contributed by atoms with Gasteiger partial charge in [-0.05, 0) is 48.7 Å². The molecule has 1 fully saturated rings. The fourth-order valence-corrected chi connectivity index (χ4v) is 5.12. The molecule has 0 saturated heterocycles. The first-order valence-corrected chi connectivity index (χ1v) is 11.1. The number of methoxy groups -OCH3 is 1. The van der Waals surface area contributed by atoms with E-state index in [2.05, 4.69) is 6.07 Å². The average molecular weight is 417 g/mol. The first-order chi connectivity index (χ1) is 14.7. The first-order valence-electron chi connectivity index (χ1n) is 10.2. The summed E-state index contributed by atoms with van der Waals surface area (Å²) >= 11 is 1.54. The van der Waals surface area contributed by atoms with Crippen molar-refractivity contribution in [2.24, 2.45) is 0 Å². The van der Waals surface area contributed by atoms with Gasteiger partial charge in [-0.2, -0.15) is 5.26 Å². The second-order valence-corrected chi connectivity index (χ2v) is 8.68. The van der Waals surface area contributed by atoms with Crippen molar-refractivity contribution in [2.75, 3.05) is 7.11 Å². The van der Waals surface area contributed by atoms with E-state index >= 15 is 0 Å². The normalized spacial score (nSPS) is 18.6. The Kier molecular flexibility index (Phi) is 6.37. The maximum absolute atomic E-state index is 10.5. The third-order valence-electron chi connectivity index (χ3n) is 5.50. The van der Waals surface area contributed by atoms with Gasteiger partial charge in [-0.15, -0.1) is 0 Å². The van der Waals surface area contributed by atoms with E-state index in [0.717, 1.165) is 53.8 Å². The highest BCUT2D eigenvalue weighted by Gasteiger charge is 2.27. The van der Waals surface area contributed by atoms with Crippen molar-refractivity contribution in [3.63, 3.8) is 0 Å². The molecule has 0 bridgehead atoms. The number of nitriles is 1. The molecule has 1 aliphatic carbocycles. The highest BCUT2D eigenvalue weighted by atomic mass is 32.2. The van der Waals surface area contributed by atoms with Gasteiger partial charge in [-0.25, -0.2) is 4.98 Å². The zero-order valence-electron chi connectivity index (χ0n) is 16.9. The minimum absolute atomic E-state index is 0.0630. The van der Waals surface area contributed by atoms with Crippen molar-refractivity contribution < 1.29 is 9.84 Å². The van der Waals surface area contributed by atoms with Crippen LogP contribution in [0.2, 0.25) is 0 Å². The van der Waals surface area contributed by atoms with Crippen molar-refractivity contribution in [2.45, 2.75) is 42.1 Å². The number of aliphatic hydroxyl groups excluding tert-OH is 1. The molecule has 0 unspecified atom stereocenters. The number of hydrogen-bond acceptors (Lipinski definition) is 5. The van der Waals surface area contributed by atoms with Crippen LogP contribution in [0.4, 0.5) is 0 Å². The molecule has 0 spiro atoms. The molecule has 1 heterocycles. The van der Waals surface area contributed by atoms with Crippen LogP contribution in [0.25, 0.3) is 22.4 Å². The number of ether oxygens (including phenoxy) is 1. The van der Waals surface area contributed by atoms with Crippen molar-refractivity contribution >= 4 is 11.8 Å². The van der Waals surface area contributed by atoms with Crippen molar-refractivity contribution in [3.8, 4) is 34.2 Å². The van der Waals surface area contributed by atoms with Gasteiger partial charge in [0.2, 0.25) is 0 Å². The number of rotatable bonds is 5. The number of hydrogen-bond donors (Lipinski definition) is 1. The summed E-state index contributed by atoms with van der Waals surface area (Å²) in [5.41, 5.74) is 4.19. The van der Waals surface area contributed by atoms with Crippen LogP contribution in [0, 0.1) is 11.3 Å². The lowest BCUT2D eigenvalue weighted by atomic mass is 9.97. The molecule has 1 aromatic heterocycles. The lowest BCUT2D eigenvalue weighted by Crippen LogP contribution is -2.27. The monoisotopic (exact) mass is 416 g/mol. The van der Waals surface area contributed by atoms with Gasteiger partial charge in [-0.1, -0.05) is 54.9 Å². The number of nitrogens with zero attached hydrogens (tertiary/aromatic N) is 2. The van der Waals surface area contributed by atoms with Crippen molar-refractivity contribution in [1.82, 2.24) is 4.98 Å². The largest absolute Gasteiger partial charge is 0.497 e. The fraction of sp³-hybridized carbons (Fsp3) is 0.280. The van der Waals surface area contributed by atoms with Crippen LogP contribution in [-0.4, -0.2) is 28.6 Å². The Morgan fingerprint density at radius 1 is 1.03 bits per heavy atom. The summed E-state index contributed by atoms with van der Waals surface area (Å²) in [7, 11) is 1.65. The van der Waals surface area contributed by atoms with Gasteiger partial charge in [0, 0.05) is 16.4 Å². The Balaban J connectivity index is 1.83. The number of thioether (sulfide) groups is 1. The topological polar surface area (TPSA) is 66.1 Å². The van der Waals surface area contributed by atoms with Crippen LogP contribution in [0.3, 0.4) is 0 Å². The van der Waals surface area contributed by atoms with E-state index in [0.29, 0.717) is 10.6 Å². The number of pyridine rings is 1. The predicted octanol–water partition coefficient (Wildman–Crippen LogP) is 5.69. The van der Waals surface area contributed by atoms with Gasteiger partial charge in [0.25, 0.3) is 0 Å². The smallest absolute Gasteiger partial charge is 0.118 e.